The summed E-state index contributed by atoms with van der Waals surface area (Å²) in [6, 6.07) is 41.0. The highest BCUT2D eigenvalue weighted by molar-refractivity contribution is 6.08. The van der Waals surface area contributed by atoms with Crippen LogP contribution in [-0.4, -0.2) is 145 Å². The standard InChI is InChI=1S/C49H56N4O3.C45H56N4O4.C10H11NO4/c1-7-32-19-46(52(26-32)48(54)31(6)33-11-9-8-10-12-33)43-22-36(25-50-43)34-14-16-38-37(20-34)27-56-47-24-39-35(21-41(38)47)15-17-42-40(39)23-44(51-42)45-18-13-29(4)53(45)49(55)30(5)28(2)3;1-9-28-16-41(48(23-28)44(51)53-45(6,7)8)38-19-31(22-46-38)29-11-13-33-32(17-29)24-52-42-21-34-30(18-36(33)42)12-14-37-35(34)20-39(47-37)40-15-10-26(4)49(40)43(50)27(5)25(2)3;1-15-10(14)11-8(9(12)13)7-5-3-2-4-6-7/h8-12,14,16,20-21,24-25,28-32,45-46H,7,13,15,17-19,22-23,26-27H2,1-6H3;11,13,17-18,21-22,25-28,40-41H,9-10,12,14-16,19-20,23-24H2,1-8H3;2-6,8H,1H3,(H,11,14)(H,12,13)/t29-,30-,31+,32-,45-,46-;26-,27-,28-,40-,41-;/m00./s1. The average Bonchev–Trinajstić information content (AvgIpc) is 1.48. The summed E-state index contributed by atoms with van der Waals surface area (Å²) >= 11 is 0. The lowest BCUT2D eigenvalue weighted by atomic mass is 9.83. The molecule has 6 aromatic carbocycles. The zero-order valence-electron chi connectivity index (χ0n) is 75.0. The number of carbonyl (C=O) groups excluding carboxylic acids is 5. The second kappa shape index (κ2) is 35.9. The Labute approximate surface area is 731 Å². The topological polar surface area (TPSA) is 234 Å². The molecule has 20 nitrogen and oxygen atoms in total. The van der Waals surface area contributed by atoms with Gasteiger partial charge in [-0.15, -0.1) is 0 Å². The molecule has 0 spiro atoms. The van der Waals surface area contributed by atoms with Gasteiger partial charge in [0.25, 0.3) is 0 Å². The van der Waals surface area contributed by atoms with Crippen molar-refractivity contribution in [2.24, 2.45) is 55.5 Å². The van der Waals surface area contributed by atoms with Crippen LogP contribution >= 0.6 is 0 Å². The Morgan fingerprint density at radius 2 is 0.960 bits per heavy atom. The van der Waals surface area contributed by atoms with E-state index in [4.69, 9.17) is 39.3 Å². The Kier molecular flexibility index (Phi) is 25.0. The number of nitrogens with zero attached hydrogens (tertiary/aromatic N) is 8. The molecular formula is C104H123N9O11. The number of carbonyl (C=O) groups is 6. The van der Waals surface area contributed by atoms with Crippen molar-refractivity contribution < 1.29 is 52.8 Å². The lowest BCUT2D eigenvalue weighted by molar-refractivity contribution is -0.140. The SMILES string of the molecule is CC[C@H]1C[C@@H](C2=NC=C(c3ccc4c(c3)COc3cc5c(cc3-4)CCC3=C5CC([C@@H]4CC[C@H](C)N4C(=O)[C@@H](C)C(C)C)=N3)C2)N(C(=O)OC(C)(C)C)C1.CC[C@H]1C[C@@H](C2=NC=C(c3ccc4c(c3)COc3cc5c(cc3-4)CCC3=C5CC([C@@H]4CC[C@H](C)N4C(=O)[C@@H](C)C(C)C)=N3)C2)N(C(=O)[C@H](C)c2ccccc2)C1.COC(=O)NC(C(=O)O)c1ccccc1. The summed E-state index contributed by atoms with van der Waals surface area (Å²) in [5, 5.41) is 11.1. The van der Waals surface area contributed by atoms with Crippen molar-refractivity contribution in [1.29, 1.82) is 0 Å². The number of likely N-dealkylation sites (tertiary alicyclic amines) is 4. The molecule has 18 rings (SSSR count). The quantitative estimate of drug-likeness (QED) is 0.0871. The van der Waals surface area contributed by atoms with E-state index in [1.165, 1.54) is 102 Å². The van der Waals surface area contributed by atoms with E-state index in [9.17, 15) is 28.8 Å². The summed E-state index contributed by atoms with van der Waals surface area (Å²) in [5.41, 5.74) is 27.7. The number of benzene rings is 6. The number of carboxylic acid groups (broad SMARTS) is 1. The maximum Gasteiger partial charge on any atom is 0.410 e. The summed E-state index contributed by atoms with van der Waals surface area (Å²) in [4.78, 5) is 105. The van der Waals surface area contributed by atoms with Gasteiger partial charge in [0.15, 0.2) is 6.04 Å². The first-order chi connectivity index (χ1) is 59.5. The molecule has 20 heteroatoms. The molecule has 5 amide bonds. The minimum absolute atomic E-state index is 0.00839. The number of amides is 5. The number of carboxylic acids is 1. The van der Waals surface area contributed by atoms with Gasteiger partial charge in [-0.2, -0.15) is 0 Å². The van der Waals surface area contributed by atoms with Crippen LogP contribution in [0.3, 0.4) is 0 Å². The molecule has 1 unspecified atom stereocenters. The number of alkyl carbamates (subject to hydrolysis) is 1. The van der Waals surface area contributed by atoms with Gasteiger partial charge < -0.3 is 44.1 Å². The van der Waals surface area contributed by atoms with Crippen LogP contribution in [0.15, 0.2) is 165 Å². The molecule has 10 aliphatic heterocycles. The van der Waals surface area contributed by atoms with E-state index in [2.05, 4.69) is 167 Å². The van der Waals surface area contributed by atoms with Crippen molar-refractivity contribution >= 4 is 81.0 Å². The second-order valence-corrected chi connectivity index (χ2v) is 38.2. The van der Waals surface area contributed by atoms with Crippen LogP contribution in [0.1, 0.15) is 254 Å². The van der Waals surface area contributed by atoms with Gasteiger partial charge >= 0.3 is 18.2 Å². The molecule has 4 fully saturated rings. The van der Waals surface area contributed by atoms with Crippen LogP contribution in [0.5, 0.6) is 11.5 Å². The summed E-state index contributed by atoms with van der Waals surface area (Å²) in [6.07, 6.45) is 17.9. The number of ether oxygens (including phenoxy) is 4. The van der Waals surface area contributed by atoms with Crippen molar-refractivity contribution in [2.75, 3.05) is 20.2 Å². The molecule has 12 aliphatic rings. The van der Waals surface area contributed by atoms with Crippen molar-refractivity contribution in [3.8, 4) is 33.8 Å². The van der Waals surface area contributed by atoms with Crippen molar-refractivity contribution in [3.63, 3.8) is 0 Å². The van der Waals surface area contributed by atoms with Crippen molar-refractivity contribution in [1.82, 2.24) is 24.9 Å². The van der Waals surface area contributed by atoms with Crippen LogP contribution in [0.4, 0.5) is 9.59 Å². The first-order valence-corrected chi connectivity index (χ1v) is 45.6. The molecule has 0 radical (unpaired) electrons. The largest absolute Gasteiger partial charge is 0.488 e. The number of aliphatic carboxylic acids is 1. The molecule has 650 valence electrons. The number of aryl methyl sites for hydroxylation is 2. The monoisotopic (exact) mass is 1670 g/mol. The third kappa shape index (κ3) is 17.4. The number of rotatable bonds is 17. The summed E-state index contributed by atoms with van der Waals surface area (Å²) < 4.78 is 23.2. The fourth-order valence-electron chi connectivity index (χ4n) is 20.6. The van der Waals surface area contributed by atoms with Crippen LogP contribution in [0, 0.1) is 35.5 Å². The van der Waals surface area contributed by atoms with Gasteiger partial charge in [0.1, 0.15) is 30.3 Å². The first kappa shape index (κ1) is 86.5. The number of aliphatic imine (C=N–C) groups is 4. The maximum absolute atomic E-state index is 13.9. The van der Waals surface area contributed by atoms with E-state index >= 15 is 0 Å². The molecule has 0 bridgehead atoms. The number of hydrogen-bond donors (Lipinski definition) is 2. The molecule has 0 aromatic heterocycles. The zero-order valence-corrected chi connectivity index (χ0v) is 75.0. The Morgan fingerprint density at radius 3 is 1.40 bits per heavy atom. The fourth-order valence-corrected chi connectivity index (χ4v) is 20.6. The molecule has 4 saturated heterocycles. The van der Waals surface area contributed by atoms with Gasteiger partial charge in [0.2, 0.25) is 17.7 Å². The highest BCUT2D eigenvalue weighted by atomic mass is 16.6. The molecular weight excluding hydrogens is 1550 g/mol. The van der Waals surface area contributed by atoms with Gasteiger partial charge in [-0.1, -0.05) is 153 Å². The summed E-state index contributed by atoms with van der Waals surface area (Å²) in [5.74, 6) is 2.91. The number of hydrogen-bond acceptors (Lipinski definition) is 14. The van der Waals surface area contributed by atoms with Crippen LogP contribution in [0.2, 0.25) is 0 Å². The van der Waals surface area contributed by atoms with E-state index in [0.29, 0.717) is 49.0 Å². The van der Waals surface area contributed by atoms with E-state index in [-0.39, 0.29) is 77.8 Å². The van der Waals surface area contributed by atoms with Crippen molar-refractivity contribution in [3.05, 3.63) is 201 Å². The van der Waals surface area contributed by atoms with Gasteiger partial charge in [0, 0.05) is 120 Å². The molecule has 10 heterocycles. The predicted octanol–water partition coefficient (Wildman–Crippen LogP) is 20.8. The highest BCUT2D eigenvalue weighted by Gasteiger charge is 2.47. The van der Waals surface area contributed by atoms with E-state index < -0.39 is 23.7 Å². The molecule has 2 aliphatic carbocycles. The number of methoxy groups -OCH3 is 1. The summed E-state index contributed by atoms with van der Waals surface area (Å²) in [6.45, 7) is 31.9. The van der Waals surface area contributed by atoms with E-state index in [1.54, 1.807) is 30.3 Å². The Hall–Kier alpha value is -11.0. The predicted molar refractivity (Wildman–Crippen MR) is 490 cm³/mol. The maximum atomic E-state index is 13.9. The smallest absolute Gasteiger partial charge is 0.410 e. The normalized spacial score (nSPS) is 23.5. The molecule has 124 heavy (non-hydrogen) atoms. The van der Waals surface area contributed by atoms with Crippen molar-refractivity contribution in [2.45, 2.75) is 267 Å². The Bertz CT molecular complexity index is 5470. The molecule has 12 atom stereocenters. The number of fused-ring (bicyclic) bond motifs is 10. The minimum atomic E-state index is -1.13. The van der Waals surface area contributed by atoms with Crippen LogP contribution < -0.4 is 14.8 Å². The Morgan fingerprint density at radius 1 is 0.508 bits per heavy atom. The van der Waals surface area contributed by atoms with Gasteiger partial charge in [-0.3, -0.25) is 39.3 Å². The van der Waals surface area contributed by atoms with Crippen LogP contribution in [0.25, 0.3) is 44.5 Å². The van der Waals surface area contributed by atoms with Gasteiger partial charge in [-0.25, -0.2) is 14.4 Å². The number of nitrogens with one attached hydrogen (secondary N) is 1. The third-order valence-corrected chi connectivity index (χ3v) is 28.6. The van der Waals surface area contributed by atoms with E-state index in [0.717, 1.165) is 155 Å². The summed E-state index contributed by atoms with van der Waals surface area (Å²) in [7, 11) is 1.18. The minimum Gasteiger partial charge on any atom is -0.488 e. The molecule has 2 N–H and O–H groups in total. The fraction of sp³-hybridized carbons (Fsp3) is 0.481. The number of allylic oxidation sites excluding steroid dienone is 6. The van der Waals surface area contributed by atoms with E-state index in [1.807, 2.05) is 63.2 Å². The van der Waals surface area contributed by atoms with Gasteiger partial charge in [-0.05, 0) is 255 Å². The second-order valence-electron chi connectivity index (χ2n) is 38.2. The Balaban J connectivity index is 0.000000157. The zero-order chi connectivity index (χ0) is 87.4. The molecule has 0 saturated carbocycles. The average molecular weight is 1680 g/mol. The van der Waals surface area contributed by atoms with Gasteiger partial charge in [0.05, 0.1) is 37.2 Å². The highest BCUT2D eigenvalue weighted by Crippen LogP contribution is 2.51. The molecule has 6 aromatic rings. The lowest BCUT2D eigenvalue weighted by Gasteiger charge is -2.32. The van der Waals surface area contributed by atoms with Crippen LogP contribution in [-0.2, 0) is 54.7 Å². The first-order valence-electron chi connectivity index (χ1n) is 45.6. The lowest BCUT2D eigenvalue weighted by Crippen LogP contribution is -2.47. The third-order valence-electron chi connectivity index (χ3n) is 28.6.